The van der Waals surface area contributed by atoms with Crippen molar-refractivity contribution in [2.45, 2.75) is 25.5 Å². The standard InChI is InChI=1S/C13H18FNO/c1-2-3-7-12(16)10-15-9-11-6-4-5-8-13(11)14/h2,4-6,8,12,15-16H,1,3,7,9-10H2. The van der Waals surface area contributed by atoms with Gasteiger partial charge >= 0.3 is 0 Å². The zero-order valence-corrected chi connectivity index (χ0v) is 9.32. The second-order valence-electron chi connectivity index (χ2n) is 3.74. The van der Waals surface area contributed by atoms with Crippen molar-refractivity contribution in [2.75, 3.05) is 6.54 Å². The summed E-state index contributed by atoms with van der Waals surface area (Å²) in [6.45, 7) is 4.51. The van der Waals surface area contributed by atoms with E-state index < -0.39 is 6.10 Å². The van der Waals surface area contributed by atoms with Crippen molar-refractivity contribution in [3.8, 4) is 0 Å². The highest BCUT2D eigenvalue weighted by atomic mass is 19.1. The van der Waals surface area contributed by atoms with Crippen LogP contribution in [0.4, 0.5) is 4.39 Å². The van der Waals surface area contributed by atoms with Crippen LogP contribution in [0.25, 0.3) is 0 Å². The van der Waals surface area contributed by atoms with E-state index in [1.54, 1.807) is 24.3 Å². The molecule has 88 valence electrons. The van der Waals surface area contributed by atoms with Gasteiger partial charge in [0, 0.05) is 18.7 Å². The number of benzene rings is 1. The molecule has 3 heteroatoms. The predicted molar refractivity (Wildman–Crippen MR) is 63.5 cm³/mol. The molecule has 0 heterocycles. The molecule has 0 aliphatic heterocycles. The molecule has 2 nitrogen and oxygen atoms in total. The summed E-state index contributed by atoms with van der Waals surface area (Å²) in [5.41, 5.74) is 0.624. The number of hydrogen-bond acceptors (Lipinski definition) is 2. The molecule has 0 saturated carbocycles. The molecule has 0 amide bonds. The van der Waals surface area contributed by atoms with Gasteiger partial charge in [-0.3, -0.25) is 0 Å². The van der Waals surface area contributed by atoms with Crippen molar-refractivity contribution in [2.24, 2.45) is 0 Å². The Labute approximate surface area is 95.8 Å². The van der Waals surface area contributed by atoms with Gasteiger partial charge < -0.3 is 10.4 Å². The third kappa shape index (κ3) is 4.55. The molecule has 1 atom stereocenters. The van der Waals surface area contributed by atoms with Crippen molar-refractivity contribution in [1.82, 2.24) is 5.32 Å². The van der Waals surface area contributed by atoms with Crippen molar-refractivity contribution < 1.29 is 9.50 Å². The SMILES string of the molecule is C=CCCC(O)CNCc1ccccc1F. The average Bonchev–Trinajstić information content (AvgIpc) is 2.29. The largest absolute Gasteiger partial charge is 0.392 e. The van der Waals surface area contributed by atoms with Gasteiger partial charge in [0.25, 0.3) is 0 Å². The van der Waals surface area contributed by atoms with Crippen molar-refractivity contribution in [3.63, 3.8) is 0 Å². The number of rotatable bonds is 7. The first kappa shape index (κ1) is 12.9. The topological polar surface area (TPSA) is 32.3 Å². The minimum absolute atomic E-state index is 0.212. The van der Waals surface area contributed by atoms with E-state index in [0.29, 0.717) is 25.1 Å². The van der Waals surface area contributed by atoms with Crippen LogP contribution in [0, 0.1) is 5.82 Å². The Bertz CT molecular complexity index is 327. The van der Waals surface area contributed by atoms with E-state index in [2.05, 4.69) is 11.9 Å². The molecule has 0 fully saturated rings. The van der Waals surface area contributed by atoms with E-state index in [9.17, 15) is 9.50 Å². The molecule has 1 aromatic rings. The van der Waals surface area contributed by atoms with Gasteiger partial charge in [-0.15, -0.1) is 6.58 Å². The molecule has 1 aromatic carbocycles. The summed E-state index contributed by atoms with van der Waals surface area (Å²) in [7, 11) is 0. The van der Waals surface area contributed by atoms with Crippen LogP contribution in [0.2, 0.25) is 0 Å². The molecular weight excluding hydrogens is 205 g/mol. The summed E-state index contributed by atoms with van der Waals surface area (Å²) >= 11 is 0. The van der Waals surface area contributed by atoms with Crippen LogP contribution in [0.3, 0.4) is 0 Å². The quantitative estimate of drug-likeness (QED) is 0.695. The number of hydrogen-bond donors (Lipinski definition) is 2. The normalized spacial score (nSPS) is 12.4. The Morgan fingerprint density at radius 1 is 1.44 bits per heavy atom. The molecule has 2 N–H and O–H groups in total. The molecule has 1 unspecified atom stereocenters. The number of halogens is 1. The number of aliphatic hydroxyl groups excluding tert-OH is 1. The van der Waals surface area contributed by atoms with Crippen LogP contribution in [0.5, 0.6) is 0 Å². The van der Waals surface area contributed by atoms with Gasteiger partial charge in [-0.2, -0.15) is 0 Å². The Hall–Kier alpha value is -1.19. The van der Waals surface area contributed by atoms with E-state index >= 15 is 0 Å². The van der Waals surface area contributed by atoms with Gasteiger partial charge in [0.05, 0.1) is 6.10 Å². The molecule has 0 aromatic heterocycles. The average molecular weight is 223 g/mol. The van der Waals surface area contributed by atoms with Crippen LogP contribution < -0.4 is 5.32 Å². The Morgan fingerprint density at radius 2 is 2.19 bits per heavy atom. The Balaban J connectivity index is 2.25. The predicted octanol–water partition coefficient (Wildman–Crippen LogP) is 2.24. The number of allylic oxidation sites excluding steroid dienone is 1. The van der Waals surface area contributed by atoms with Crippen molar-refractivity contribution in [3.05, 3.63) is 48.3 Å². The minimum Gasteiger partial charge on any atom is -0.392 e. The van der Waals surface area contributed by atoms with E-state index in [4.69, 9.17) is 0 Å². The Kier molecular flexibility index (Phi) is 5.75. The van der Waals surface area contributed by atoms with Gasteiger partial charge in [0.15, 0.2) is 0 Å². The van der Waals surface area contributed by atoms with Crippen LogP contribution in [0.1, 0.15) is 18.4 Å². The third-order valence-electron chi connectivity index (χ3n) is 2.36. The van der Waals surface area contributed by atoms with Gasteiger partial charge in [-0.1, -0.05) is 24.3 Å². The first-order valence-electron chi connectivity index (χ1n) is 5.47. The van der Waals surface area contributed by atoms with Gasteiger partial charge in [-0.25, -0.2) is 4.39 Å². The van der Waals surface area contributed by atoms with Crippen molar-refractivity contribution in [1.29, 1.82) is 0 Å². The lowest BCUT2D eigenvalue weighted by molar-refractivity contribution is 0.162. The van der Waals surface area contributed by atoms with Crippen molar-refractivity contribution >= 4 is 0 Å². The lowest BCUT2D eigenvalue weighted by Crippen LogP contribution is -2.26. The summed E-state index contributed by atoms with van der Waals surface area (Å²) in [4.78, 5) is 0. The van der Waals surface area contributed by atoms with E-state index in [0.717, 1.165) is 6.42 Å². The summed E-state index contributed by atoms with van der Waals surface area (Å²) in [6, 6.07) is 6.63. The van der Waals surface area contributed by atoms with Gasteiger partial charge in [0.2, 0.25) is 0 Å². The van der Waals surface area contributed by atoms with Crippen LogP contribution in [0.15, 0.2) is 36.9 Å². The monoisotopic (exact) mass is 223 g/mol. The highest BCUT2D eigenvalue weighted by Crippen LogP contribution is 2.05. The lowest BCUT2D eigenvalue weighted by atomic mass is 10.2. The van der Waals surface area contributed by atoms with E-state index in [-0.39, 0.29) is 5.82 Å². The van der Waals surface area contributed by atoms with Crippen LogP contribution in [-0.4, -0.2) is 17.8 Å². The maximum absolute atomic E-state index is 13.2. The summed E-state index contributed by atoms with van der Waals surface area (Å²) in [5.74, 6) is -0.212. The van der Waals surface area contributed by atoms with E-state index in [1.165, 1.54) is 6.07 Å². The van der Waals surface area contributed by atoms with Crippen LogP contribution >= 0.6 is 0 Å². The summed E-state index contributed by atoms with van der Waals surface area (Å²) in [5, 5.41) is 12.6. The maximum atomic E-state index is 13.2. The van der Waals surface area contributed by atoms with Crippen LogP contribution in [-0.2, 0) is 6.54 Å². The molecular formula is C13H18FNO. The second kappa shape index (κ2) is 7.14. The zero-order valence-electron chi connectivity index (χ0n) is 9.32. The van der Waals surface area contributed by atoms with Gasteiger partial charge in [-0.05, 0) is 18.9 Å². The van der Waals surface area contributed by atoms with Gasteiger partial charge in [0.1, 0.15) is 5.82 Å². The molecule has 0 spiro atoms. The summed E-state index contributed by atoms with van der Waals surface area (Å²) in [6.07, 6.45) is 2.86. The lowest BCUT2D eigenvalue weighted by Gasteiger charge is -2.11. The third-order valence-corrected chi connectivity index (χ3v) is 2.36. The first-order valence-corrected chi connectivity index (χ1v) is 5.47. The maximum Gasteiger partial charge on any atom is 0.127 e. The number of nitrogens with one attached hydrogen (secondary N) is 1. The molecule has 0 radical (unpaired) electrons. The highest BCUT2D eigenvalue weighted by Gasteiger charge is 2.03. The molecule has 16 heavy (non-hydrogen) atoms. The second-order valence-corrected chi connectivity index (χ2v) is 3.74. The van der Waals surface area contributed by atoms with E-state index in [1.807, 2.05) is 0 Å². The molecule has 0 saturated heterocycles. The molecule has 0 aliphatic rings. The highest BCUT2D eigenvalue weighted by molar-refractivity contribution is 5.16. The number of aliphatic hydroxyl groups is 1. The minimum atomic E-state index is -0.398. The fraction of sp³-hybridized carbons (Fsp3) is 0.385. The molecule has 0 aliphatic carbocycles. The molecule has 0 bridgehead atoms. The summed E-state index contributed by atoms with van der Waals surface area (Å²) < 4.78 is 13.2. The first-order chi connectivity index (χ1) is 7.74. The Morgan fingerprint density at radius 3 is 2.88 bits per heavy atom. The fourth-order valence-corrected chi connectivity index (χ4v) is 1.43. The molecule has 1 rings (SSSR count). The zero-order chi connectivity index (χ0) is 11.8. The fourth-order valence-electron chi connectivity index (χ4n) is 1.43. The smallest absolute Gasteiger partial charge is 0.127 e.